The van der Waals surface area contributed by atoms with E-state index in [1.165, 1.54) is 37.9 Å². The zero-order valence-electron chi connectivity index (χ0n) is 21.5. The van der Waals surface area contributed by atoms with Crippen LogP contribution in [-0.4, -0.2) is 58.7 Å². The molecular formula is C29H41FN2O3S. The van der Waals surface area contributed by atoms with Crippen molar-refractivity contribution in [3.8, 4) is 5.75 Å². The largest absolute Gasteiger partial charge is 0.497 e. The standard InChI is InChI=1S/C29H41FN2O3S/c1-35-23-9-11-28-26(19-23)25(13-15-31-28)27(30)10-7-21-14-17-32(20-22(21)8-12-29(33)34)16-4-18-36-24-5-2-3-6-24/h9,11,13,15,19,21-22,24,27H,2-8,10,12,14,16-18,20H2,1H3,(H,33,34)/t21?,22?,27-/m0/s1. The van der Waals surface area contributed by atoms with Gasteiger partial charge in [-0.05, 0) is 105 Å². The number of carboxylic acid groups (broad SMARTS) is 1. The number of thioether (sulfide) groups is 1. The number of likely N-dealkylation sites (tertiary alicyclic amines) is 1. The molecule has 2 aliphatic rings. The van der Waals surface area contributed by atoms with Gasteiger partial charge in [0.2, 0.25) is 0 Å². The van der Waals surface area contributed by atoms with E-state index in [1.54, 1.807) is 19.4 Å². The van der Waals surface area contributed by atoms with Crippen LogP contribution in [0.5, 0.6) is 5.75 Å². The number of alkyl halides is 1. The Morgan fingerprint density at radius 3 is 2.83 bits per heavy atom. The number of benzene rings is 1. The lowest BCUT2D eigenvalue weighted by Gasteiger charge is -2.39. The molecule has 4 rings (SSSR count). The Kier molecular flexibility index (Phi) is 10.3. The summed E-state index contributed by atoms with van der Waals surface area (Å²) in [5.41, 5.74) is 1.44. The van der Waals surface area contributed by atoms with Crippen molar-refractivity contribution in [2.75, 3.05) is 32.5 Å². The van der Waals surface area contributed by atoms with Gasteiger partial charge in [0.15, 0.2) is 0 Å². The van der Waals surface area contributed by atoms with E-state index in [2.05, 4.69) is 21.6 Å². The second-order valence-corrected chi connectivity index (χ2v) is 11.9. The first-order chi connectivity index (χ1) is 17.5. The second-order valence-electron chi connectivity index (χ2n) is 10.5. The number of fused-ring (bicyclic) bond motifs is 1. The number of carbonyl (C=O) groups is 1. The molecule has 36 heavy (non-hydrogen) atoms. The van der Waals surface area contributed by atoms with Crippen LogP contribution in [0.4, 0.5) is 4.39 Å². The predicted molar refractivity (Wildman–Crippen MR) is 146 cm³/mol. The van der Waals surface area contributed by atoms with E-state index in [0.717, 1.165) is 48.6 Å². The van der Waals surface area contributed by atoms with Gasteiger partial charge in [0, 0.05) is 29.8 Å². The van der Waals surface area contributed by atoms with Gasteiger partial charge in [-0.1, -0.05) is 12.8 Å². The highest BCUT2D eigenvalue weighted by Crippen LogP contribution is 2.37. The summed E-state index contributed by atoms with van der Waals surface area (Å²) < 4.78 is 20.9. The number of hydrogen-bond acceptors (Lipinski definition) is 5. The molecule has 2 fully saturated rings. The Morgan fingerprint density at radius 1 is 1.22 bits per heavy atom. The van der Waals surface area contributed by atoms with Crippen LogP contribution in [0.25, 0.3) is 10.9 Å². The molecule has 1 aliphatic heterocycles. The first-order valence-electron chi connectivity index (χ1n) is 13.7. The van der Waals surface area contributed by atoms with Crippen molar-refractivity contribution in [1.29, 1.82) is 0 Å². The summed E-state index contributed by atoms with van der Waals surface area (Å²) in [4.78, 5) is 18.2. The van der Waals surface area contributed by atoms with E-state index in [9.17, 15) is 9.90 Å². The molecule has 1 aromatic carbocycles. The van der Waals surface area contributed by atoms with Crippen LogP contribution in [0.1, 0.15) is 75.9 Å². The monoisotopic (exact) mass is 516 g/mol. The van der Waals surface area contributed by atoms with Gasteiger partial charge in [-0.3, -0.25) is 9.78 Å². The number of halogens is 1. The Labute approximate surface area is 219 Å². The van der Waals surface area contributed by atoms with E-state index in [0.29, 0.717) is 36.0 Å². The van der Waals surface area contributed by atoms with E-state index in [4.69, 9.17) is 4.74 Å². The number of hydrogen-bond donors (Lipinski definition) is 1. The molecule has 1 aliphatic carbocycles. The SMILES string of the molecule is COc1ccc2nccc([C@@H](F)CCC3CCN(CCCSC4CCCC4)CC3CCC(=O)O)c2c1. The summed E-state index contributed by atoms with van der Waals surface area (Å²) in [7, 11) is 1.61. The number of nitrogens with zero attached hydrogens (tertiary/aromatic N) is 2. The highest BCUT2D eigenvalue weighted by molar-refractivity contribution is 7.99. The number of piperidine rings is 1. The van der Waals surface area contributed by atoms with E-state index >= 15 is 4.39 Å². The van der Waals surface area contributed by atoms with Crippen molar-refractivity contribution in [3.05, 3.63) is 36.0 Å². The summed E-state index contributed by atoms with van der Waals surface area (Å²) in [5.74, 6) is 1.87. The van der Waals surface area contributed by atoms with Gasteiger partial charge in [-0.15, -0.1) is 0 Å². The van der Waals surface area contributed by atoms with Crippen LogP contribution in [0.2, 0.25) is 0 Å². The molecule has 1 aromatic heterocycles. The zero-order valence-corrected chi connectivity index (χ0v) is 22.4. The fourth-order valence-corrected chi connectivity index (χ4v) is 7.33. The van der Waals surface area contributed by atoms with Crippen LogP contribution in [0.3, 0.4) is 0 Å². The van der Waals surface area contributed by atoms with Crippen molar-refractivity contribution >= 4 is 28.6 Å². The van der Waals surface area contributed by atoms with Crippen molar-refractivity contribution < 1.29 is 19.0 Å². The van der Waals surface area contributed by atoms with Gasteiger partial charge in [-0.2, -0.15) is 11.8 Å². The third kappa shape index (κ3) is 7.58. The van der Waals surface area contributed by atoms with E-state index in [-0.39, 0.29) is 6.42 Å². The minimum absolute atomic E-state index is 0.195. The van der Waals surface area contributed by atoms with Crippen molar-refractivity contribution in [1.82, 2.24) is 9.88 Å². The van der Waals surface area contributed by atoms with Gasteiger partial charge in [-0.25, -0.2) is 4.39 Å². The van der Waals surface area contributed by atoms with Gasteiger partial charge in [0.05, 0.1) is 12.6 Å². The average Bonchev–Trinajstić information content (AvgIpc) is 3.42. The van der Waals surface area contributed by atoms with Crippen molar-refractivity contribution in [3.63, 3.8) is 0 Å². The fourth-order valence-electron chi connectivity index (χ4n) is 6.03. The predicted octanol–water partition coefficient (Wildman–Crippen LogP) is 6.90. The normalized spacial score (nSPS) is 22.2. The molecule has 2 aromatic rings. The summed E-state index contributed by atoms with van der Waals surface area (Å²) >= 11 is 2.14. The zero-order chi connectivity index (χ0) is 25.3. The Bertz CT molecular complexity index is 984. The summed E-state index contributed by atoms with van der Waals surface area (Å²) in [6.45, 7) is 3.07. The Morgan fingerprint density at radius 2 is 2.06 bits per heavy atom. The average molecular weight is 517 g/mol. The lowest BCUT2D eigenvalue weighted by molar-refractivity contribution is -0.137. The minimum atomic E-state index is -1.08. The first-order valence-corrected chi connectivity index (χ1v) is 14.7. The molecule has 5 nitrogen and oxygen atoms in total. The molecule has 0 amide bonds. The first kappa shape index (κ1) is 27.2. The third-order valence-electron chi connectivity index (χ3n) is 8.09. The molecule has 0 radical (unpaired) electrons. The van der Waals surface area contributed by atoms with E-state index < -0.39 is 12.1 Å². The number of methoxy groups -OCH3 is 1. The number of rotatable bonds is 13. The highest BCUT2D eigenvalue weighted by atomic mass is 32.2. The molecule has 1 N–H and O–H groups in total. The lowest BCUT2D eigenvalue weighted by Crippen LogP contribution is -2.41. The maximum Gasteiger partial charge on any atom is 0.303 e. The number of aromatic nitrogens is 1. The van der Waals surface area contributed by atoms with Crippen LogP contribution in [0, 0.1) is 11.8 Å². The molecule has 1 saturated heterocycles. The molecule has 1 saturated carbocycles. The van der Waals surface area contributed by atoms with Gasteiger partial charge in [0.1, 0.15) is 11.9 Å². The van der Waals surface area contributed by atoms with Gasteiger partial charge < -0.3 is 14.7 Å². The van der Waals surface area contributed by atoms with Crippen molar-refractivity contribution in [2.24, 2.45) is 11.8 Å². The number of carboxylic acids is 1. The van der Waals surface area contributed by atoms with Crippen molar-refractivity contribution in [2.45, 2.75) is 75.6 Å². The van der Waals surface area contributed by atoms with E-state index in [1.807, 2.05) is 18.2 Å². The Hall–Kier alpha value is -1.86. The van der Waals surface area contributed by atoms with Crippen LogP contribution < -0.4 is 4.74 Å². The third-order valence-corrected chi connectivity index (χ3v) is 9.56. The number of ether oxygens (including phenoxy) is 1. The van der Waals surface area contributed by atoms with Crippen LogP contribution in [-0.2, 0) is 4.79 Å². The fraction of sp³-hybridized carbons (Fsp3) is 0.655. The lowest BCUT2D eigenvalue weighted by atomic mass is 9.79. The molecule has 2 heterocycles. The van der Waals surface area contributed by atoms with Crippen LogP contribution in [0.15, 0.2) is 30.5 Å². The topological polar surface area (TPSA) is 62.7 Å². The molecule has 0 spiro atoms. The maximum atomic E-state index is 15.5. The second kappa shape index (κ2) is 13.6. The number of pyridine rings is 1. The maximum absolute atomic E-state index is 15.5. The highest BCUT2D eigenvalue weighted by Gasteiger charge is 2.30. The quantitative estimate of drug-likeness (QED) is 0.292. The molecular weight excluding hydrogens is 475 g/mol. The summed E-state index contributed by atoms with van der Waals surface area (Å²) in [5, 5.41) is 11.0. The van der Waals surface area contributed by atoms with Gasteiger partial charge in [0.25, 0.3) is 0 Å². The minimum Gasteiger partial charge on any atom is -0.497 e. The molecule has 198 valence electrons. The molecule has 3 atom stereocenters. The summed E-state index contributed by atoms with van der Waals surface area (Å²) in [6.07, 6.45) is 10.5. The smallest absolute Gasteiger partial charge is 0.303 e. The molecule has 7 heteroatoms. The Balaban J connectivity index is 1.31. The van der Waals surface area contributed by atoms with Gasteiger partial charge >= 0.3 is 5.97 Å². The molecule has 0 bridgehead atoms. The number of aliphatic carboxylic acids is 1. The summed E-state index contributed by atoms with van der Waals surface area (Å²) in [6, 6.07) is 7.36. The van der Waals surface area contributed by atoms with Crippen LogP contribution >= 0.6 is 11.8 Å². The molecule has 2 unspecified atom stereocenters.